The fraction of sp³-hybridized carbons (Fsp3) is 0.444. The number of carboxylic acid groups (broad SMARTS) is 2. The normalized spacial score (nSPS) is 7.12. The monoisotopic (exact) mass is 356 g/mol. The Balaban J connectivity index is -0.0000000800. The van der Waals surface area contributed by atoms with Gasteiger partial charge in [0.1, 0.15) is 11.6 Å². The molecule has 0 N–H and O–H groups in total. The standard InChI is InChI=1S/2C4H6O3.CH3.La/c2*1-3(5)2-4(6)7;;/h2*2H2,1H3,(H,6,7);1H3;/q;;-1;+3/p-2. The van der Waals surface area contributed by atoms with Gasteiger partial charge >= 0.3 is 35.6 Å². The molecule has 0 aliphatic carbocycles. The van der Waals surface area contributed by atoms with E-state index in [9.17, 15) is 29.4 Å². The van der Waals surface area contributed by atoms with Crippen LogP contribution >= 0.6 is 0 Å². The van der Waals surface area contributed by atoms with Crippen LogP contribution in [0, 0.1) is 43.0 Å². The van der Waals surface area contributed by atoms with Gasteiger partial charge in [-0.15, -0.1) is 0 Å². The second kappa shape index (κ2) is 14.5. The van der Waals surface area contributed by atoms with Gasteiger partial charge in [-0.05, 0) is 13.8 Å². The van der Waals surface area contributed by atoms with Crippen LogP contribution in [-0.4, -0.2) is 23.5 Å². The van der Waals surface area contributed by atoms with E-state index in [0.717, 1.165) is 0 Å². The second-order valence-corrected chi connectivity index (χ2v) is 2.50. The molecule has 0 aromatic rings. The summed E-state index contributed by atoms with van der Waals surface area (Å²) < 4.78 is 0. The number of rotatable bonds is 4. The van der Waals surface area contributed by atoms with Gasteiger partial charge in [-0.1, -0.05) is 0 Å². The van der Waals surface area contributed by atoms with Crippen LogP contribution in [-0.2, 0) is 19.2 Å². The number of carboxylic acids is 2. The number of carbonyl (C=O) groups excluding carboxylic acids is 4. The van der Waals surface area contributed by atoms with Gasteiger partial charge in [-0.2, -0.15) is 0 Å². The molecule has 0 aliphatic heterocycles. The van der Waals surface area contributed by atoms with E-state index >= 15 is 0 Å². The maximum absolute atomic E-state index is 9.83. The van der Waals surface area contributed by atoms with Crippen LogP contribution in [0.15, 0.2) is 0 Å². The third-order valence-corrected chi connectivity index (χ3v) is 0.787. The first-order chi connectivity index (χ1) is 6.25. The average molecular weight is 356 g/mol. The third kappa shape index (κ3) is 37.5. The van der Waals surface area contributed by atoms with Crippen LogP contribution in [0.1, 0.15) is 26.7 Å². The zero-order chi connectivity index (χ0) is 11.7. The summed E-state index contributed by atoms with van der Waals surface area (Å²) in [5, 5.41) is 19.0. The van der Waals surface area contributed by atoms with Gasteiger partial charge in [0.15, 0.2) is 0 Å². The first-order valence-corrected chi connectivity index (χ1v) is 3.64. The minimum atomic E-state index is -1.31. The maximum atomic E-state index is 9.83. The van der Waals surface area contributed by atoms with Crippen LogP contribution in [0.25, 0.3) is 0 Å². The summed E-state index contributed by atoms with van der Waals surface area (Å²) in [6.07, 6.45) is -0.944. The van der Waals surface area contributed by atoms with Crippen molar-refractivity contribution in [1.29, 1.82) is 0 Å². The Morgan fingerprint density at radius 3 is 1.00 bits per heavy atom. The van der Waals surface area contributed by atoms with E-state index in [2.05, 4.69) is 0 Å². The van der Waals surface area contributed by atoms with E-state index in [4.69, 9.17) is 0 Å². The van der Waals surface area contributed by atoms with Crippen molar-refractivity contribution in [1.82, 2.24) is 0 Å². The van der Waals surface area contributed by atoms with E-state index in [1.807, 2.05) is 0 Å². The zero-order valence-electron chi connectivity index (χ0n) is 9.44. The number of Topliss-reactive ketones (excluding diaryl/α,β-unsaturated/α-hetero) is 2. The van der Waals surface area contributed by atoms with Crippen molar-refractivity contribution in [3.63, 3.8) is 0 Å². The first kappa shape index (κ1) is 24.6. The summed E-state index contributed by atoms with van der Waals surface area (Å²) >= 11 is 0. The topological polar surface area (TPSA) is 114 Å². The Morgan fingerprint density at radius 1 is 0.812 bits per heavy atom. The third-order valence-electron chi connectivity index (χ3n) is 0.787. The molecule has 0 atom stereocenters. The molecule has 6 nitrogen and oxygen atoms in total. The van der Waals surface area contributed by atoms with E-state index in [-0.39, 0.29) is 54.6 Å². The summed E-state index contributed by atoms with van der Waals surface area (Å²) in [5.41, 5.74) is 0. The van der Waals surface area contributed by atoms with E-state index in [1.54, 1.807) is 0 Å². The predicted molar refractivity (Wildman–Crippen MR) is 47.0 cm³/mol. The minimum Gasteiger partial charge on any atom is -0.550 e. The van der Waals surface area contributed by atoms with E-state index < -0.39 is 24.8 Å². The second-order valence-electron chi connectivity index (χ2n) is 2.50. The summed E-state index contributed by atoms with van der Waals surface area (Å²) in [6, 6.07) is 0. The Morgan fingerprint density at radius 2 is 1.00 bits per heavy atom. The SMILES string of the molecule is CC(=O)CC(=O)[O-].CC(=O)CC(=O)[O-].[CH3-].[La+3]. The molecule has 0 fully saturated rings. The molecular formula is C9H13LaO6. The van der Waals surface area contributed by atoms with Crippen molar-refractivity contribution in [3.05, 3.63) is 7.43 Å². The Kier molecular flexibility index (Phi) is 22.3. The van der Waals surface area contributed by atoms with Crippen molar-refractivity contribution >= 4 is 23.5 Å². The fourth-order valence-electron chi connectivity index (χ4n) is 0.407. The molecule has 0 spiro atoms. The molecule has 0 radical (unpaired) electrons. The zero-order valence-corrected chi connectivity index (χ0v) is 13.1. The van der Waals surface area contributed by atoms with Crippen molar-refractivity contribution in [2.45, 2.75) is 26.7 Å². The molecule has 88 valence electrons. The number of hydrogen-bond donors (Lipinski definition) is 0. The summed E-state index contributed by atoms with van der Waals surface area (Å²) in [6.45, 7) is 2.41. The largest absolute Gasteiger partial charge is 3.00 e. The van der Waals surface area contributed by atoms with Gasteiger partial charge in [-0.3, -0.25) is 9.59 Å². The van der Waals surface area contributed by atoms with E-state index in [1.165, 1.54) is 13.8 Å². The van der Waals surface area contributed by atoms with Crippen molar-refractivity contribution in [2.24, 2.45) is 0 Å². The van der Waals surface area contributed by atoms with E-state index in [0.29, 0.717) is 0 Å². The number of aliphatic carboxylic acids is 2. The summed E-state index contributed by atoms with van der Waals surface area (Å²) in [7, 11) is 0. The van der Waals surface area contributed by atoms with Crippen molar-refractivity contribution < 1.29 is 65.0 Å². The van der Waals surface area contributed by atoms with Crippen LogP contribution < -0.4 is 10.2 Å². The van der Waals surface area contributed by atoms with Crippen LogP contribution in [0.4, 0.5) is 0 Å². The maximum Gasteiger partial charge on any atom is 3.00 e. The first-order valence-electron chi connectivity index (χ1n) is 3.64. The van der Waals surface area contributed by atoms with Gasteiger partial charge in [0.25, 0.3) is 0 Å². The van der Waals surface area contributed by atoms with Crippen LogP contribution in [0.3, 0.4) is 0 Å². The molecule has 16 heavy (non-hydrogen) atoms. The number of carbonyl (C=O) groups is 4. The molecule has 0 heterocycles. The van der Waals surface area contributed by atoms with Gasteiger partial charge in [0, 0.05) is 24.8 Å². The molecule has 0 aromatic heterocycles. The molecule has 0 amide bonds. The Bertz CT molecular complexity index is 198. The fourth-order valence-corrected chi connectivity index (χ4v) is 0.407. The van der Waals surface area contributed by atoms with Crippen LogP contribution in [0.2, 0.25) is 0 Å². The molecular weight excluding hydrogens is 343 g/mol. The van der Waals surface area contributed by atoms with Gasteiger partial charge in [0.2, 0.25) is 0 Å². The minimum absolute atomic E-state index is 0. The van der Waals surface area contributed by atoms with Gasteiger partial charge in [0.05, 0.1) is 0 Å². The van der Waals surface area contributed by atoms with Crippen LogP contribution in [0.5, 0.6) is 0 Å². The summed E-state index contributed by atoms with van der Waals surface area (Å²) in [4.78, 5) is 38.6. The molecule has 0 aromatic carbocycles. The molecule has 0 unspecified atom stereocenters. The van der Waals surface area contributed by atoms with Gasteiger partial charge in [-0.25, -0.2) is 0 Å². The molecule has 7 heteroatoms. The van der Waals surface area contributed by atoms with Gasteiger partial charge < -0.3 is 27.2 Å². The summed E-state index contributed by atoms with van der Waals surface area (Å²) in [5.74, 6) is -3.37. The molecule has 0 saturated carbocycles. The smallest absolute Gasteiger partial charge is 0.550 e. The molecule has 0 aliphatic rings. The molecule has 0 rings (SSSR count). The molecule has 0 bridgehead atoms. The average Bonchev–Trinajstić information content (AvgIpc) is 1.79. The number of hydrogen-bond acceptors (Lipinski definition) is 6. The number of ketones is 2. The quantitative estimate of drug-likeness (QED) is 0.420. The molecule has 0 saturated heterocycles. The van der Waals surface area contributed by atoms with Crippen molar-refractivity contribution in [2.75, 3.05) is 0 Å². The Hall–Kier alpha value is -0.525. The Labute approximate surface area is 122 Å². The predicted octanol–water partition coefficient (Wildman–Crippen LogP) is -2.12. The van der Waals surface area contributed by atoms with Crippen molar-refractivity contribution in [3.8, 4) is 0 Å².